The van der Waals surface area contributed by atoms with Crippen molar-refractivity contribution < 1.29 is 9.66 Å². The minimum atomic E-state index is -0.467. The van der Waals surface area contributed by atoms with Gasteiger partial charge in [0.15, 0.2) is 5.75 Å². The van der Waals surface area contributed by atoms with Crippen LogP contribution < -0.4 is 10.1 Å². The smallest absolute Gasteiger partial charge is 0.312 e. The predicted octanol–water partition coefficient (Wildman–Crippen LogP) is 3.35. The van der Waals surface area contributed by atoms with E-state index >= 15 is 0 Å². The Bertz CT molecular complexity index is 521. The molecule has 1 rings (SSSR count). The molecular formula is C14H19N3O3. The van der Waals surface area contributed by atoms with E-state index in [4.69, 9.17) is 10.00 Å². The van der Waals surface area contributed by atoms with Gasteiger partial charge in [0.2, 0.25) is 0 Å². The Morgan fingerprint density at radius 3 is 2.75 bits per heavy atom. The van der Waals surface area contributed by atoms with Crippen molar-refractivity contribution in [1.82, 2.24) is 0 Å². The van der Waals surface area contributed by atoms with Crippen molar-refractivity contribution in [2.75, 3.05) is 19.0 Å². The normalized spacial score (nSPS) is 10.7. The van der Waals surface area contributed by atoms with Crippen molar-refractivity contribution in [1.29, 1.82) is 5.26 Å². The maximum absolute atomic E-state index is 10.9. The van der Waals surface area contributed by atoms with Gasteiger partial charge in [0.25, 0.3) is 0 Å². The van der Waals surface area contributed by atoms with Crippen molar-refractivity contribution in [3.05, 3.63) is 28.3 Å². The van der Waals surface area contributed by atoms with Gasteiger partial charge in [-0.05, 0) is 24.0 Å². The molecule has 0 aliphatic rings. The van der Waals surface area contributed by atoms with Crippen LogP contribution in [0.15, 0.2) is 18.2 Å². The molecule has 1 N–H and O–H groups in total. The number of nitro groups is 1. The van der Waals surface area contributed by atoms with E-state index < -0.39 is 4.92 Å². The lowest BCUT2D eigenvalue weighted by atomic mass is 9.88. The number of nitrogens with one attached hydrogen (secondary N) is 1. The number of hydrogen-bond acceptors (Lipinski definition) is 5. The van der Waals surface area contributed by atoms with Gasteiger partial charge in [-0.1, -0.05) is 13.8 Å². The van der Waals surface area contributed by atoms with Crippen LogP contribution in [0.25, 0.3) is 0 Å². The lowest BCUT2D eigenvalue weighted by molar-refractivity contribution is -0.385. The molecule has 0 saturated heterocycles. The van der Waals surface area contributed by atoms with Gasteiger partial charge in [-0.25, -0.2) is 0 Å². The SMILES string of the molecule is COc1ccc(NCC(C)(C)CCC#N)cc1[N+](=O)[O-]. The summed E-state index contributed by atoms with van der Waals surface area (Å²) in [5.41, 5.74) is 0.555. The van der Waals surface area contributed by atoms with Crippen molar-refractivity contribution in [3.63, 3.8) is 0 Å². The number of benzene rings is 1. The fourth-order valence-corrected chi connectivity index (χ4v) is 1.77. The minimum absolute atomic E-state index is 0.0512. The average Bonchev–Trinajstić information content (AvgIpc) is 2.42. The molecule has 0 spiro atoms. The minimum Gasteiger partial charge on any atom is -0.490 e. The van der Waals surface area contributed by atoms with Gasteiger partial charge < -0.3 is 10.1 Å². The van der Waals surface area contributed by atoms with Gasteiger partial charge in [-0.3, -0.25) is 10.1 Å². The van der Waals surface area contributed by atoms with Crippen LogP contribution in [0.5, 0.6) is 5.75 Å². The van der Waals surface area contributed by atoms with Crippen LogP contribution in [0.2, 0.25) is 0 Å². The molecule has 1 aromatic carbocycles. The number of nitriles is 1. The first-order valence-corrected chi connectivity index (χ1v) is 6.33. The first kappa shape index (κ1) is 15.8. The zero-order valence-electron chi connectivity index (χ0n) is 12.0. The second-order valence-electron chi connectivity index (χ2n) is 5.32. The quantitative estimate of drug-likeness (QED) is 0.610. The van der Waals surface area contributed by atoms with E-state index in [0.29, 0.717) is 18.7 Å². The van der Waals surface area contributed by atoms with Crippen LogP contribution in [0.1, 0.15) is 26.7 Å². The topological polar surface area (TPSA) is 88.2 Å². The van der Waals surface area contributed by atoms with Gasteiger partial charge in [0.1, 0.15) is 0 Å². The molecule has 0 atom stereocenters. The Balaban J connectivity index is 2.77. The summed E-state index contributed by atoms with van der Waals surface area (Å²) in [6, 6.07) is 6.90. The molecule has 0 aromatic heterocycles. The molecule has 0 heterocycles. The fraction of sp³-hybridized carbons (Fsp3) is 0.500. The molecule has 6 nitrogen and oxygen atoms in total. The summed E-state index contributed by atoms with van der Waals surface area (Å²) in [6.07, 6.45) is 1.27. The van der Waals surface area contributed by atoms with Gasteiger partial charge >= 0.3 is 5.69 Å². The summed E-state index contributed by atoms with van der Waals surface area (Å²) < 4.78 is 4.95. The first-order chi connectivity index (χ1) is 9.39. The number of methoxy groups -OCH3 is 1. The molecule has 0 radical (unpaired) electrons. The molecule has 20 heavy (non-hydrogen) atoms. The van der Waals surface area contributed by atoms with Gasteiger partial charge in [-0.15, -0.1) is 0 Å². The van der Waals surface area contributed by atoms with E-state index in [9.17, 15) is 10.1 Å². The molecule has 0 unspecified atom stereocenters. The zero-order chi connectivity index (χ0) is 15.2. The molecule has 1 aromatic rings. The Labute approximate surface area is 118 Å². The van der Waals surface area contributed by atoms with Crippen molar-refractivity contribution in [2.24, 2.45) is 5.41 Å². The highest BCUT2D eigenvalue weighted by Crippen LogP contribution is 2.30. The van der Waals surface area contributed by atoms with E-state index in [2.05, 4.69) is 25.2 Å². The molecule has 0 bridgehead atoms. The van der Waals surface area contributed by atoms with Crippen LogP contribution in [0, 0.1) is 26.9 Å². The molecular weight excluding hydrogens is 258 g/mol. The first-order valence-electron chi connectivity index (χ1n) is 6.33. The summed E-state index contributed by atoms with van der Waals surface area (Å²) in [5.74, 6) is 0.240. The van der Waals surface area contributed by atoms with E-state index in [-0.39, 0.29) is 16.9 Å². The number of anilines is 1. The highest BCUT2D eigenvalue weighted by atomic mass is 16.6. The molecule has 108 valence electrons. The van der Waals surface area contributed by atoms with Crippen molar-refractivity contribution in [2.45, 2.75) is 26.7 Å². The Morgan fingerprint density at radius 2 is 2.20 bits per heavy atom. The van der Waals surface area contributed by atoms with Gasteiger partial charge in [0.05, 0.1) is 18.1 Å². The van der Waals surface area contributed by atoms with E-state index in [1.165, 1.54) is 13.2 Å². The van der Waals surface area contributed by atoms with Crippen LogP contribution in [-0.2, 0) is 0 Å². The fourth-order valence-electron chi connectivity index (χ4n) is 1.77. The molecule has 0 saturated carbocycles. The monoisotopic (exact) mass is 277 g/mol. The zero-order valence-corrected chi connectivity index (χ0v) is 12.0. The number of hydrogen-bond donors (Lipinski definition) is 1. The molecule has 0 amide bonds. The summed E-state index contributed by atoms with van der Waals surface area (Å²) in [7, 11) is 1.40. The van der Waals surface area contributed by atoms with Crippen LogP contribution >= 0.6 is 0 Å². The highest BCUT2D eigenvalue weighted by Gasteiger charge is 2.19. The summed E-state index contributed by atoms with van der Waals surface area (Å²) in [6.45, 7) is 4.74. The number of ether oxygens (including phenoxy) is 1. The standard InChI is InChI=1S/C14H19N3O3/c1-14(2,7-4-8-15)10-16-11-5-6-13(20-3)12(9-11)17(18)19/h5-6,9,16H,4,7,10H2,1-3H3. The lowest BCUT2D eigenvalue weighted by Crippen LogP contribution is -2.22. The van der Waals surface area contributed by atoms with E-state index in [0.717, 1.165) is 6.42 Å². The number of nitrogens with zero attached hydrogens (tertiary/aromatic N) is 2. The van der Waals surface area contributed by atoms with Crippen molar-refractivity contribution >= 4 is 11.4 Å². The van der Waals surface area contributed by atoms with Gasteiger partial charge in [0, 0.05) is 24.7 Å². The Morgan fingerprint density at radius 1 is 1.50 bits per heavy atom. The molecule has 0 aliphatic heterocycles. The summed E-state index contributed by atoms with van der Waals surface area (Å²) in [4.78, 5) is 10.5. The lowest BCUT2D eigenvalue weighted by Gasteiger charge is -2.24. The second kappa shape index (κ2) is 6.75. The third kappa shape index (κ3) is 4.43. The van der Waals surface area contributed by atoms with E-state index in [1.807, 2.05) is 0 Å². The predicted molar refractivity (Wildman–Crippen MR) is 76.8 cm³/mol. The van der Waals surface area contributed by atoms with Crippen LogP contribution in [0.3, 0.4) is 0 Å². The van der Waals surface area contributed by atoms with Crippen LogP contribution in [-0.4, -0.2) is 18.6 Å². The average molecular weight is 277 g/mol. The highest BCUT2D eigenvalue weighted by molar-refractivity contribution is 5.58. The molecule has 6 heteroatoms. The molecule has 0 aliphatic carbocycles. The number of rotatable bonds is 7. The maximum atomic E-state index is 10.9. The van der Waals surface area contributed by atoms with Crippen molar-refractivity contribution in [3.8, 4) is 11.8 Å². The third-order valence-corrected chi connectivity index (χ3v) is 3.06. The summed E-state index contributed by atoms with van der Waals surface area (Å²) >= 11 is 0. The summed E-state index contributed by atoms with van der Waals surface area (Å²) in [5, 5.41) is 22.7. The van der Waals surface area contributed by atoms with Gasteiger partial charge in [-0.2, -0.15) is 5.26 Å². The second-order valence-corrected chi connectivity index (χ2v) is 5.32. The third-order valence-electron chi connectivity index (χ3n) is 3.06. The largest absolute Gasteiger partial charge is 0.490 e. The maximum Gasteiger partial charge on any atom is 0.312 e. The Kier molecular flexibility index (Phi) is 5.32. The van der Waals surface area contributed by atoms with E-state index in [1.54, 1.807) is 12.1 Å². The Hall–Kier alpha value is -2.29. The number of nitro benzene ring substituents is 1. The molecule has 0 fully saturated rings. The van der Waals surface area contributed by atoms with Crippen LogP contribution in [0.4, 0.5) is 11.4 Å².